The van der Waals surface area contributed by atoms with E-state index in [-0.39, 0.29) is 0 Å². The summed E-state index contributed by atoms with van der Waals surface area (Å²) in [6.07, 6.45) is 11.9. The molecule has 1 fully saturated rings. The van der Waals surface area contributed by atoms with Gasteiger partial charge in [-0.25, -0.2) is 0 Å². The van der Waals surface area contributed by atoms with E-state index in [9.17, 15) is 0 Å². The molecule has 0 bridgehead atoms. The Morgan fingerprint density at radius 2 is 2.21 bits per heavy atom. The molecule has 0 radical (unpaired) electrons. The summed E-state index contributed by atoms with van der Waals surface area (Å²) in [4.78, 5) is 0. The summed E-state index contributed by atoms with van der Waals surface area (Å²) in [7, 11) is 0. The fourth-order valence-corrected chi connectivity index (χ4v) is 3.02. The van der Waals surface area contributed by atoms with Crippen LogP contribution < -0.4 is 5.32 Å². The zero-order valence-electron chi connectivity index (χ0n) is 13.2. The van der Waals surface area contributed by atoms with Crippen molar-refractivity contribution in [2.24, 2.45) is 11.8 Å². The molecule has 0 aromatic heterocycles. The van der Waals surface area contributed by atoms with E-state index in [4.69, 9.17) is 0 Å². The van der Waals surface area contributed by atoms with Crippen LogP contribution in [0.4, 0.5) is 0 Å². The smallest absolute Gasteiger partial charge is 0.0297 e. The van der Waals surface area contributed by atoms with Crippen molar-refractivity contribution in [2.45, 2.75) is 59.4 Å². The second-order valence-corrected chi connectivity index (χ2v) is 6.29. The lowest BCUT2D eigenvalue weighted by molar-refractivity contribution is 0.353. The molecule has 0 aromatic rings. The van der Waals surface area contributed by atoms with Crippen molar-refractivity contribution in [1.29, 1.82) is 0 Å². The van der Waals surface area contributed by atoms with E-state index in [2.05, 4.69) is 57.8 Å². The summed E-state index contributed by atoms with van der Waals surface area (Å²) < 4.78 is 0. The molecule has 1 nitrogen and oxygen atoms in total. The van der Waals surface area contributed by atoms with Gasteiger partial charge in [0.15, 0.2) is 0 Å². The third kappa shape index (κ3) is 5.78. The quantitative estimate of drug-likeness (QED) is 0.673. The van der Waals surface area contributed by atoms with Gasteiger partial charge >= 0.3 is 0 Å². The van der Waals surface area contributed by atoms with E-state index in [1.165, 1.54) is 31.3 Å². The zero-order chi connectivity index (χ0) is 14.3. The maximum Gasteiger partial charge on any atom is 0.0297 e. The van der Waals surface area contributed by atoms with Crippen LogP contribution in [0.3, 0.4) is 0 Å². The predicted molar refractivity (Wildman–Crippen MR) is 86.3 cm³/mol. The van der Waals surface area contributed by atoms with Crippen LogP contribution in [0.5, 0.6) is 0 Å². The van der Waals surface area contributed by atoms with Crippen molar-refractivity contribution in [3.05, 3.63) is 36.0 Å². The van der Waals surface area contributed by atoms with Crippen molar-refractivity contribution in [3.63, 3.8) is 0 Å². The molecular formula is C18H31N. The molecule has 0 aliphatic heterocycles. The molecule has 0 spiro atoms. The monoisotopic (exact) mass is 261 g/mol. The Labute approximate surface area is 119 Å². The van der Waals surface area contributed by atoms with E-state index in [1.807, 2.05) is 0 Å². The van der Waals surface area contributed by atoms with Crippen molar-refractivity contribution >= 4 is 0 Å². The molecule has 1 unspecified atom stereocenters. The second-order valence-electron chi connectivity index (χ2n) is 6.29. The Hall–Kier alpha value is -0.820. The van der Waals surface area contributed by atoms with Gasteiger partial charge in [-0.05, 0) is 57.9 Å². The standard InChI is InChI=1S/C18H31N/c1-6-7-9-16-10-8-11-17(12-16)13-19-18(14(2)3)15(4)5/h6-7,9,15,17-19H,2,8,10-13H2,1,3-5H3/b7-6-,16-9+/t17?,18-/m0/s1. The predicted octanol–water partition coefficient (Wildman–Crippen LogP) is 4.87. The largest absolute Gasteiger partial charge is 0.310 e. The minimum atomic E-state index is 0.463. The van der Waals surface area contributed by atoms with E-state index < -0.39 is 0 Å². The Kier molecular flexibility index (Phi) is 7.15. The van der Waals surface area contributed by atoms with Gasteiger partial charge in [0.1, 0.15) is 0 Å². The van der Waals surface area contributed by atoms with Gasteiger partial charge in [0.05, 0.1) is 0 Å². The van der Waals surface area contributed by atoms with Crippen LogP contribution in [-0.4, -0.2) is 12.6 Å². The molecule has 1 saturated carbocycles. The normalized spacial score (nSPS) is 24.3. The topological polar surface area (TPSA) is 12.0 Å². The number of hydrogen-bond acceptors (Lipinski definition) is 1. The van der Waals surface area contributed by atoms with Gasteiger partial charge in [-0.3, -0.25) is 0 Å². The summed E-state index contributed by atoms with van der Waals surface area (Å²) >= 11 is 0. The molecule has 1 aliphatic carbocycles. The van der Waals surface area contributed by atoms with Crippen LogP contribution >= 0.6 is 0 Å². The molecule has 2 atom stereocenters. The van der Waals surface area contributed by atoms with Gasteiger partial charge in [-0.2, -0.15) is 0 Å². The summed E-state index contributed by atoms with van der Waals surface area (Å²) in [6, 6.07) is 0.463. The van der Waals surface area contributed by atoms with Crippen molar-refractivity contribution < 1.29 is 0 Å². The fraction of sp³-hybridized carbons (Fsp3) is 0.667. The second kappa shape index (κ2) is 8.37. The van der Waals surface area contributed by atoms with Crippen LogP contribution in [-0.2, 0) is 0 Å². The average molecular weight is 261 g/mol. The molecule has 0 amide bonds. The summed E-state index contributed by atoms with van der Waals surface area (Å²) in [6.45, 7) is 14.0. The zero-order valence-corrected chi connectivity index (χ0v) is 13.2. The van der Waals surface area contributed by atoms with Gasteiger partial charge in [-0.1, -0.05) is 49.8 Å². The average Bonchev–Trinajstić information content (AvgIpc) is 2.36. The summed E-state index contributed by atoms with van der Waals surface area (Å²) in [5.74, 6) is 1.42. The highest BCUT2D eigenvalue weighted by molar-refractivity contribution is 5.14. The van der Waals surface area contributed by atoms with Gasteiger partial charge in [-0.15, -0.1) is 0 Å². The fourth-order valence-electron chi connectivity index (χ4n) is 3.02. The van der Waals surface area contributed by atoms with Gasteiger partial charge in [0, 0.05) is 6.04 Å². The first-order chi connectivity index (χ1) is 9.04. The third-order valence-electron chi connectivity index (χ3n) is 4.01. The highest BCUT2D eigenvalue weighted by Crippen LogP contribution is 2.28. The van der Waals surface area contributed by atoms with Gasteiger partial charge < -0.3 is 5.32 Å². The van der Waals surface area contributed by atoms with Crippen LogP contribution in [0.15, 0.2) is 36.0 Å². The van der Waals surface area contributed by atoms with Crippen LogP contribution in [0.2, 0.25) is 0 Å². The van der Waals surface area contributed by atoms with Gasteiger partial charge in [0.2, 0.25) is 0 Å². The molecule has 1 rings (SSSR count). The van der Waals surface area contributed by atoms with E-state index in [1.54, 1.807) is 5.57 Å². The van der Waals surface area contributed by atoms with E-state index in [0.29, 0.717) is 12.0 Å². The summed E-state index contributed by atoms with van der Waals surface area (Å²) in [5, 5.41) is 3.72. The maximum atomic E-state index is 4.11. The molecule has 0 aromatic carbocycles. The molecule has 0 saturated heterocycles. The molecule has 108 valence electrons. The lowest BCUT2D eigenvalue weighted by Crippen LogP contribution is -2.38. The Morgan fingerprint density at radius 1 is 1.47 bits per heavy atom. The number of allylic oxidation sites excluding steroid dienone is 4. The molecule has 1 heteroatoms. The lowest BCUT2D eigenvalue weighted by Gasteiger charge is -2.29. The van der Waals surface area contributed by atoms with Crippen molar-refractivity contribution in [2.75, 3.05) is 6.54 Å². The third-order valence-corrected chi connectivity index (χ3v) is 4.01. The minimum Gasteiger partial charge on any atom is -0.310 e. The number of nitrogens with one attached hydrogen (secondary N) is 1. The van der Waals surface area contributed by atoms with Crippen LogP contribution in [0.1, 0.15) is 53.4 Å². The molecular weight excluding hydrogens is 230 g/mol. The molecule has 19 heavy (non-hydrogen) atoms. The lowest BCUT2D eigenvalue weighted by atomic mass is 9.84. The number of rotatable bonds is 6. The molecule has 0 heterocycles. The first-order valence-corrected chi connectivity index (χ1v) is 7.74. The highest BCUT2D eigenvalue weighted by Gasteiger charge is 2.19. The van der Waals surface area contributed by atoms with Gasteiger partial charge in [0.25, 0.3) is 0 Å². The summed E-state index contributed by atoms with van der Waals surface area (Å²) in [5.41, 5.74) is 2.88. The SMILES string of the molecule is C=C(C)[C@H](NCC1CCC/C(=C\C=C/C)C1)C(C)C. The Bertz CT molecular complexity index is 336. The first kappa shape index (κ1) is 16.2. The Morgan fingerprint density at radius 3 is 2.79 bits per heavy atom. The van der Waals surface area contributed by atoms with E-state index >= 15 is 0 Å². The van der Waals surface area contributed by atoms with Crippen molar-refractivity contribution in [1.82, 2.24) is 5.32 Å². The van der Waals surface area contributed by atoms with Crippen LogP contribution in [0, 0.1) is 11.8 Å². The first-order valence-electron chi connectivity index (χ1n) is 7.74. The number of hydrogen-bond donors (Lipinski definition) is 1. The maximum absolute atomic E-state index is 4.11. The molecule has 1 N–H and O–H groups in total. The highest BCUT2D eigenvalue weighted by atomic mass is 14.9. The minimum absolute atomic E-state index is 0.463. The van der Waals surface area contributed by atoms with E-state index in [0.717, 1.165) is 12.5 Å². The molecule has 1 aliphatic rings. The van der Waals surface area contributed by atoms with Crippen LogP contribution in [0.25, 0.3) is 0 Å². The van der Waals surface area contributed by atoms with Crippen molar-refractivity contribution in [3.8, 4) is 0 Å². The Balaban J connectivity index is 2.46.